The van der Waals surface area contributed by atoms with Gasteiger partial charge in [-0.25, -0.2) is 0 Å². The van der Waals surface area contributed by atoms with E-state index < -0.39 is 0 Å². The van der Waals surface area contributed by atoms with Crippen LogP contribution in [0.3, 0.4) is 0 Å². The highest BCUT2D eigenvalue weighted by Crippen LogP contribution is 2.24. The normalized spacial score (nSPS) is 12.8. The van der Waals surface area contributed by atoms with Gasteiger partial charge >= 0.3 is 0 Å². The van der Waals surface area contributed by atoms with Crippen molar-refractivity contribution in [2.24, 2.45) is 0 Å². The summed E-state index contributed by atoms with van der Waals surface area (Å²) in [6.07, 6.45) is 2.05. The first-order chi connectivity index (χ1) is 8.29. The van der Waals surface area contributed by atoms with Gasteiger partial charge in [0.1, 0.15) is 5.76 Å². The van der Waals surface area contributed by atoms with Crippen LogP contribution in [0.15, 0.2) is 34.1 Å². The van der Waals surface area contributed by atoms with Crippen LogP contribution in [-0.4, -0.2) is 6.54 Å². The topological polar surface area (TPSA) is 25.2 Å². The first-order valence-corrected chi connectivity index (χ1v) is 7.06. The van der Waals surface area contributed by atoms with Crippen molar-refractivity contribution < 1.29 is 4.42 Å². The van der Waals surface area contributed by atoms with Crippen LogP contribution in [0.5, 0.6) is 0 Å². The zero-order valence-corrected chi connectivity index (χ0v) is 11.4. The van der Waals surface area contributed by atoms with Gasteiger partial charge in [-0.3, -0.25) is 0 Å². The van der Waals surface area contributed by atoms with Crippen LogP contribution in [0.25, 0.3) is 0 Å². The molecule has 0 aliphatic carbocycles. The molecule has 1 atom stereocenters. The summed E-state index contributed by atoms with van der Waals surface area (Å²) in [5.41, 5.74) is 0. The number of halogens is 1. The van der Waals surface area contributed by atoms with E-state index in [1.54, 1.807) is 17.4 Å². The fourth-order valence-corrected chi connectivity index (χ4v) is 2.64. The Labute approximate surface area is 111 Å². The van der Waals surface area contributed by atoms with E-state index in [1.807, 2.05) is 6.07 Å². The molecule has 0 aliphatic heterocycles. The molecule has 0 bridgehead atoms. The summed E-state index contributed by atoms with van der Waals surface area (Å²) < 4.78 is 5.50. The molecule has 0 aromatic carbocycles. The standard InChI is InChI=1S/C13H16ClNOS/c1-2-7-15-11(9-10-4-3-8-17-10)12-5-6-13(14)16-12/h3-6,8,11,15H,2,7,9H2,1H3. The van der Waals surface area contributed by atoms with Crippen molar-refractivity contribution in [3.63, 3.8) is 0 Å². The number of hydrogen-bond acceptors (Lipinski definition) is 3. The third-order valence-electron chi connectivity index (χ3n) is 2.56. The number of rotatable bonds is 6. The van der Waals surface area contributed by atoms with Crippen LogP contribution in [-0.2, 0) is 6.42 Å². The van der Waals surface area contributed by atoms with Crippen molar-refractivity contribution in [3.05, 3.63) is 45.5 Å². The minimum Gasteiger partial charge on any atom is -0.448 e. The van der Waals surface area contributed by atoms with Crippen LogP contribution < -0.4 is 5.32 Å². The first kappa shape index (κ1) is 12.7. The molecule has 0 aliphatic rings. The molecular formula is C13H16ClNOS. The zero-order valence-electron chi connectivity index (χ0n) is 9.78. The van der Waals surface area contributed by atoms with Crippen molar-refractivity contribution in [2.45, 2.75) is 25.8 Å². The number of thiophene rings is 1. The van der Waals surface area contributed by atoms with Crippen molar-refractivity contribution in [2.75, 3.05) is 6.54 Å². The predicted molar refractivity (Wildman–Crippen MR) is 72.8 cm³/mol. The Morgan fingerprint density at radius 1 is 1.41 bits per heavy atom. The molecule has 1 N–H and O–H groups in total. The number of hydrogen-bond donors (Lipinski definition) is 1. The van der Waals surface area contributed by atoms with Crippen molar-refractivity contribution >= 4 is 22.9 Å². The maximum atomic E-state index is 5.83. The Bertz CT molecular complexity index is 438. The van der Waals surface area contributed by atoms with E-state index in [1.165, 1.54) is 4.88 Å². The fourth-order valence-electron chi connectivity index (χ4n) is 1.74. The van der Waals surface area contributed by atoms with Crippen LogP contribution in [0.1, 0.15) is 30.0 Å². The maximum Gasteiger partial charge on any atom is 0.193 e. The van der Waals surface area contributed by atoms with Gasteiger partial charge in [-0.05, 0) is 48.1 Å². The first-order valence-electron chi connectivity index (χ1n) is 5.80. The van der Waals surface area contributed by atoms with E-state index in [0.29, 0.717) is 5.22 Å². The second-order valence-corrected chi connectivity index (χ2v) is 5.34. The lowest BCUT2D eigenvalue weighted by Crippen LogP contribution is -2.23. The van der Waals surface area contributed by atoms with Gasteiger partial charge in [0.25, 0.3) is 0 Å². The summed E-state index contributed by atoms with van der Waals surface area (Å²) in [5.74, 6) is 0.914. The molecule has 2 nitrogen and oxygen atoms in total. The van der Waals surface area contributed by atoms with Crippen LogP contribution in [0, 0.1) is 0 Å². The molecule has 0 radical (unpaired) electrons. The highest BCUT2D eigenvalue weighted by atomic mass is 35.5. The molecule has 4 heteroatoms. The third-order valence-corrected chi connectivity index (χ3v) is 3.67. The minimum absolute atomic E-state index is 0.209. The molecule has 2 aromatic heterocycles. The smallest absolute Gasteiger partial charge is 0.193 e. The minimum atomic E-state index is 0.209. The molecule has 0 spiro atoms. The largest absolute Gasteiger partial charge is 0.448 e. The van der Waals surface area contributed by atoms with E-state index >= 15 is 0 Å². The third kappa shape index (κ3) is 3.60. The molecule has 0 saturated carbocycles. The molecule has 1 unspecified atom stereocenters. The summed E-state index contributed by atoms with van der Waals surface area (Å²) in [4.78, 5) is 1.35. The Morgan fingerprint density at radius 3 is 2.88 bits per heavy atom. The Balaban J connectivity index is 2.07. The van der Waals surface area contributed by atoms with E-state index in [0.717, 1.165) is 25.1 Å². The summed E-state index contributed by atoms with van der Waals surface area (Å²) >= 11 is 7.60. The lowest BCUT2D eigenvalue weighted by Gasteiger charge is -2.15. The van der Waals surface area contributed by atoms with Crippen LogP contribution >= 0.6 is 22.9 Å². The average Bonchev–Trinajstić information content (AvgIpc) is 2.95. The second-order valence-electron chi connectivity index (χ2n) is 3.93. The molecule has 92 valence electrons. The quantitative estimate of drug-likeness (QED) is 0.847. The summed E-state index contributed by atoms with van der Waals surface area (Å²) in [6.45, 7) is 3.14. The lowest BCUT2D eigenvalue weighted by atomic mass is 10.1. The monoisotopic (exact) mass is 269 g/mol. The SMILES string of the molecule is CCCNC(Cc1cccs1)c1ccc(Cl)o1. The lowest BCUT2D eigenvalue weighted by molar-refractivity contribution is 0.413. The van der Waals surface area contributed by atoms with Gasteiger partial charge in [0.2, 0.25) is 0 Å². The second kappa shape index (κ2) is 6.24. The molecule has 2 heterocycles. The molecule has 0 saturated heterocycles. The van der Waals surface area contributed by atoms with E-state index in [4.69, 9.17) is 16.0 Å². The van der Waals surface area contributed by atoms with E-state index in [-0.39, 0.29) is 6.04 Å². The Morgan fingerprint density at radius 2 is 2.29 bits per heavy atom. The molecular weight excluding hydrogens is 254 g/mol. The van der Waals surface area contributed by atoms with Gasteiger partial charge in [0.05, 0.1) is 6.04 Å². The molecule has 0 amide bonds. The van der Waals surface area contributed by atoms with Crippen LogP contribution in [0.2, 0.25) is 5.22 Å². The molecule has 2 rings (SSSR count). The number of furan rings is 1. The Hall–Kier alpha value is -0.770. The Kier molecular flexibility index (Phi) is 4.66. The van der Waals surface area contributed by atoms with Crippen LogP contribution in [0.4, 0.5) is 0 Å². The summed E-state index contributed by atoms with van der Waals surface area (Å²) in [7, 11) is 0. The summed E-state index contributed by atoms with van der Waals surface area (Å²) in [5, 5.41) is 6.04. The molecule has 0 fully saturated rings. The predicted octanol–water partition coefficient (Wildman–Crippen LogP) is 4.28. The van der Waals surface area contributed by atoms with E-state index in [9.17, 15) is 0 Å². The number of nitrogens with one attached hydrogen (secondary N) is 1. The van der Waals surface area contributed by atoms with Gasteiger partial charge in [-0.15, -0.1) is 11.3 Å². The van der Waals surface area contributed by atoms with Gasteiger partial charge in [-0.2, -0.15) is 0 Å². The van der Waals surface area contributed by atoms with Crippen molar-refractivity contribution in [1.82, 2.24) is 5.32 Å². The van der Waals surface area contributed by atoms with Gasteiger partial charge in [0.15, 0.2) is 5.22 Å². The van der Waals surface area contributed by atoms with Crippen molar-refractivity contribution in [3.8, 4) is 0 Å². The maximum absolute atomic E-state index is 5.83. The molecule has 2 aromatic rings. The average molecular weight is 270 g/mol. The highest BCUT2D eigenvalue weighted by Gasteiger charge is 2.15. The van der Waals surface area contributed by atoms with Gasteiger partial charge in [-0.1, -0.05) is 13.0 Å². The van der Waals surface area contributed by atoms with E-state index in [2.05, 4.69) is 29.8 Å². The van der Waals surface area contributed by atoms with Crippen molar-refractivity contribution in [1.29, 1.82) is 0 Å². The summed E-state index contributed by atoms with van der Waals surface area (Å²) in [6, 6.07) is 8.18. The molecule has 17 heavy (non-hydrogen) atoms. The zero-order chi connectivity index (χ0) is 12.1. The fraction of sp³-hybridized carbons (Fsp3) is 0.385. The highest BCUT2D eigenvalue weighted by molar-refractivity contribution is 7.09. The van der Waals surface area contributed by atoms with Gasteiger partial charge < -0.3 is 9.73 Å². The van der Waals surface area contributed by atoms with Gasteiger partial charge in [0, 0.05) is 11.3 Å².